The van der Waals surface area contributed by atoms with Gasteiger partial charge in [-0.1, -0.05) is 13.3 Å². The van der Waals surface area contributed by atoms with E-state index in [9.17, 15) is 0 Å². The van der Waals surface area contributed by atoms with E-state index in [4.69, 9.17) is 0 Å². The van der Waals surface area contributed by atoms with Crippen LogP contribution in [0, 0.1) is 6.92 Å². The van der Waals surface area contributed by atoms with Crippen LogP contribution in [0.15, 0.2) is 30.7 Å². The molecule has 0 saturated carbocycles. The molecule has 4 heteroatoms. The Labute approximate surface area is 112 Å². The number of aromatic nitrogens is 4. The number of pyridine rings is 1. The van der Waals surface area contributed by atoms with Gasteiger partial charge in [0, 0.05) is 30.7 Å². The Hall–Kier alpha value is -2.10. The number of hydrogen-bond donors (Lipinski definition) is 1. The molecule has 0 aromatic carbocycles. The Kier molecular flexibility index (Phi) is 3.07. The molecule has 3 aromatic heterocycles. The molecule has 3 heterocycles. The number of imidazole rings is 1. The van der Waals surface area contributed by atoms with Crippen LogP contribution in [-0.4, -0.2) is 19.5 Å². The van der Waals surface area contributed by atoms with Crippen molar-refractivity contribution in [3.8, 4) is 0 Å². The van der Waals surface area contributed by atoms with Gasteiger partial charge in [0.2, 0.25) is 0 Å². The predicted molar refractivity (Wildman–Crippen MR) is 76.2 cm³/mol. The summed E-state index contributed by atoms with van der Waals surface area (Å²) in [5.74, 6) is 0.911. The van der Waals surface area contributed by atoms with E-state index in [-0.39, 0.29) is 0 Å². The summed E-state index contributed by atoms with van der Waals surface area (Å²) >= 11 is 0. The van der Waals surface area contributed by atoms with Gasteiger partial charge in [-0.25, -0.2) is 9.97 Å². The standard InChI is InChI=1S/C15H18N4/c1-3-4-12-6-8-19(9-12)10-13-5-7-16-15-14(13)17-11(2)18-15/h5-9H,3-4,10H2,1-2H3,(H,16,17,18). The van der Waals surface area contributed by atoms with E-state index in [0.29, 0.717) is 0 Å². The lowest BCUT2D eigenvalue weighted by Gasteiger charge is -2.04. The van der Waals surface area contributed by atoms with E-state index in [1.807, 2.05) is 13.1 Å². The molecular weight excluding hydrogens is 236 g/mol. The van der Waals surface area contributed by atoms with Crippen molar-refractivity contribution >= 4 is 11.2 Å². The SMILES string of the molecule is CCCc1ccn(Cc2ccnc3nc(C)[nH]c23)c1. The first kappa shape index (κ1) is 12.0. The average Bonchev–Trinajstić information content (AvgIpc) is 2.96. The van der Waals surface area contributed by atoms with Crippen LogP contribution in [0.2, 0.25) is 0 Å². The van der Waals surface area contributed by atoms with Crippen molar-refractivity contribution in [3.63, 3.8) is 0 Å². The first-order valence-electron chi connectivity index (χ1n) is 6.71. The summed E-state index contributed by atoms with van der Waals surface area (Å²) in [5, 5.41) is 0. The summed E-state index contributed by atoms with van der Waals surface area (Å²) in [7, 11) is 0. The van der Waals surface area contributed by atoms with Gasteiger partial charge in [-0.3, -0.25) is 0 Å². The van der Waals surface area contributed by atoms with Crippen LogP contribution in [0.3, 0.4) is 0 Å². The number of hydrogen-bond acceptors (Lipinski definition) is 2. The fourth-order valence-corrected chi connectivity index (χ4v) is 2.43. The Balaban J connectivity index is 1.91. The first-order valence-corrected chi connectivity index (χ1v) is 6.71. The second-order valence-corrected chi connectivity index (χ2v) is 4.93. The van der Waals surface area contributed by atoms with Crippen molar-refractivity contribution in [2.75, 3.05) is 0 Å². The summed E-state index contributed by atoms with van der Waals surface area (Å²) in [5.41, 5.74) is 4.47. The third-order valence-corrected chi connectivity index (χ3v) is 3.30. The number of rotatable bonds is 4. The van der Waals surface area contributed by atoms with E-state index in [0.717, 1.165) is 30.0 Å². The third kappa shape index (κ3) is 2.38. The molecule has 0 aliphatic heterocycles. The van der Waals surface area contributed by atoms with Gasteiger partial charge in [0.1, 0.15) is 5.82 Å². The predicted octanol–water partition coefficient (Wildman–Crippen LogP) is 3.07. The second-order valence-electron chi connectivity index (χ2n) is 4.93. The van der Waals surface area contributed by atoms with Crippen LogP contribution in [0.1, 0.15) is 30.3 Å². The number of nitrogens with one attached hydrogen (secondary N) is 1. The molecular formula is C15H18N4. The molecule has 0 atom stereocenters. The second kappa shape index (κ2) is 4.88. The molecule has 3 aromatic rings. The summed E-state index contributed by atoms with van der Waals surface area (Å²) in [6.07, 6.45) is 8.51. The highest BCUT2D eigenvalue weighted by Gasteiger charge is 2.06. The molecule has 0 spiro atoms. The van der Waals surface area contributed by atoms with Gasteiger partial charge < -0.3 is 9.55 Å². The smallest absolute Gasteiger partial charge is 0.178 e. The minimum absolute atomic E-state index is 0.802. The van der Waals surface area contributed by atoms with E-state index in [1.54, 1.807) is 0 Å². The van der Waals surface area contributed by atoms with Gasteiger partial charge in [-0.2, -0.15) is 0 Å². The lowest BCUT2D eigenvalue weighted by Crippen LogP contribution is -1.98. The van der Waals surface area contributed by atoms with E-state index in [2.05, 4.69) is 51.0 Å². The highest BCUT2D eigenvalue weighted by atomic mass is 15.0. The lowest BCUT2D eigenvalue weighted by molar-refractivity contribution is 0.801. The molecule has 1 N–H and O–H groups in total. The zero-order valence-electron chi connectivity index (χ0n) is 11.3. The third-order valence-electron chi connectivity index (χ3n) is 3.30. The first-order chi connectivity index (χ1) is 9.26. The molecule has 0 aliphatic carbocycles. The number of aromatic amines is 1. The lowest BCUT2D eigenvalue weighted by atomic mass is 10.2. The zero-order valence-corrected chi connectivity index (χ0v) is 11.3. The molecule has 0 saturated heterocycles. The topological polar surface area (TPSA) is 46.5 Å². The molecule has 19 heavy (non-hydrogen) atoms. The molecule has 0 aliphatic rings. The largest absolute Gasteiger partial charge is 0.350 e. The van der Waals surface area contributed by atoms with E-state index in [1.165, 1.54) is 17.5 Å². The number of aryl methyl sites for hydroxylation is 2. The van der Waals surface area contributed by atoms with Gasteiger partial charge in [-0.15, -0.1) is 0 Å². The molecule has 4 nitrogen and oxygen atoms in total. The highest BCUT2D eigenvalue weighted by Crippen LogP contribution is 2.16. The van der Waals surface area contributed by atoms with Gasteiger partial charge in [0.15, 0.2) is 5.65 Å². The molecule has 0 radical (unpaired) electrons. The Bertz CT molecular complexity index is 693. The maximum absolute atomic E-state index is 4.37. The minimum atomic E-state index is 0.802. The van der Waals surface area contributed by atoms with Gasteiger partial charge >= 0.3 is 0 Å². The Morgan fingerprint density at radius 1 is 1.32 bits per heavy atom. The summed E-state index contributed by atoms with van der Waals surface area (Å²) in [6, 6.07) is 4.25. The van der Waals surface area contributed by atoms with Crippen LogP contribution in [0.4, 0.5) is 0 Å². The molecule has 0 amide bonds. The average molecular weight is 254 g/mol. The van der Waals surface area contributed by atoms with Crippen LogP contribution < -0.4 is 0 Å². The van der Waals surface area contributed by atoms with Crippen LogP contribution in [0.5, 0.6) is 0 Å². The van der Waals surface area contributed by atoms with Crippen LogP contribution in [-0.2, 0) is 13.0 Å². The van der Waals surface area contributed by atoms with Crippen molar-refractivity contribution < 1.29 is 0 Å². The van der Waals surface area contributed by atoms with Crippen molar-refractivity contribution in [3.05, 3.63) is 47.7 Å². The number of H-pyrrole nitrogens is 1. The highest BCUT2D eigenvalue weighted by molar-refractivity contribution is 5.74. The van der Waals surface area contributed by atoms with Crippen molar-refractivity contribution in [2.45, 2.75) is 33.2 Å². The van der Waals surface area contributed by atoms with Gasteiger partial charge in [0.25, 0.3) is 0 Å². The fraction of sp³-hybridized carbons (Fsp3) is 0.333. The Morgan fingerprint density at radius 3 is 3.05 bits per heavy atom. The minimum Gasteiger partial charge on any atom is -0.350 e. The molecule has 0 fully saturated rings. The molecule has 0 unspecified atom stereocenters. The molecule has 3 rings (SSSR count). The van der Waals surface area contributed by atoms with Crippen LogP contribution >= 0.6 is 0 Å². The van der Waals surface area contributed by atoms with Gasteiger partial charge in [-0.05, 0) is 31.0 Å². The van der Waals surface area contributed by atoms with Crippen molar-refractivity contribution in [1.82, 2.24) is 19.5 Å². The maximum Gasteiger partial charge on any atom is 0.178 e. The Morgan fingerprint density at radius 2 is 2.21 bits per heavy atom. The van der Waals surface area contributed by atoms with E-state index < -0.39 is 0 Å². The maximum atomic E-state index is 4.37. The quantitative estimate of drug-likeness (QED) is 0.777. The normalized spacial score (nSPS) is 11.3. The van der Waals surface area contributed by atoms with Crippen molar-refractivity contribution in [2.24, 2.45) is 0 Å². The monoisotopic (exact) mass is 254 g/mol. The fourth-order valence-electron chi connectivity index (χ4n) is 2.43. The summed E-state index contributed by atoms with van der Waals surface area (Å²) in [6.45, 7) is 5.02. The van der Waals surface area contributed by atoms with Gasteiger partial charge in [0.05, 0.1) is 5.52 Å². The molecule has 0 bridgehead atoms. The summed E-state index contributed by atoms with van der Waals surface area (Å²) < 4.78 is 2.22. The van der Waals surface area contributed by atoms with E-state index >= 15 is 0 Å². The molecule has 98 valence electrons. The number of fused-ring (bicyclic) bond motifs is 1. The number of nitrogens with zero attached hydrogens (tertiary/aromatic N) is 3. The summed E-state index contributed by atoms with van der Waals surface area (Å²) in [4.78, 5) is 12.0. The zero-order chi connectivity index (χ0) is 13.2. The van der Waals surface area contributed by atoms with Crippen molar-refractivity contribution in [1.29, 1.82) is 0 Å². The van der Waals surface area contributed by atoms with Crippen LogP contribution in [0.25, 0.3) is 11.2 Å².